The predicted octanol–water partition coefficient (Wildman–Crippen LogP) is 4.37. The summed E-state index contributed by atoms with van der Waals surface area (Å²) in [5.41, 5.74) is 1.37. The van der Waals surface area contributed by atoms with Crippen molar-refractivity contribution in [2.45, 2.75) is 11.3 Å². The number of halogens is 1. The molecule has 28 heavy (non-hydrogen) atoms. The van der Waals surface area contributed by atoms with E-state index in [9.17, 15) is 19.3 Å². The third-order valence-electron chi connectivity index (χ3n) is 3.50. The highest BCUT2D eigenvalue weighted by Gasteiger charge is 2.13. The summed E-state index contributed by atoms with van der Waals surface area (Å²) in [6, 6.07) is 10.5. The van der Waals surface area contributed by atoms with Crippen LogP contribution in [0.25, 0.3) is 0 Å². The lowest BCUT2D eigenvalue weighted by Crippen LogP contribution is -2.14. The molecule has 3 aromatic rings. The summed E-state index contributed by atoms with van der Waals surface area (Å²) in [5.74, 6) is -0.619. The highest BCUT2D eigenvalue weighted by Crippen LogP contribution is 2.28. The van der Waals surface area contributed by atoms with Gasteiger partial charge in [-0.05, 0) is 31.2 Å². The zero-order valence-corrected chi connectivity index (χ0v) is 16.1. The molecular formula is C17H14FN5O3S2. The Hall–Kier alpha value is -3.05. The monoisotopic (exact) mass is 419 g/mol. The van der Waals surface area contributed by atoms with Gasteiger partial charge in [0.2, 0.25) is 11.0 Å². The summed E-state index contributed by atoms with van der Waals surface area (Å²) in [6.45, 7) is 1.63. The lowest BCUT2D eigenvalue weighted by molar-refractivity contribution is -0.385. The first-order valence-electron chi connectivity index (χ1n) is 7.94. The Morgan fingerprint density at radius 3 is 2.82 bits per heavy atom. The molecule has 0 aliphatic heterocycles. The number of hydrogen-bond donors (Lipinski definition) is 2. The number of carbonyl (C=O) groups excluding carboxylic acids is 1. The predicted molar refractivity (Wildman–Crippen MR) is 107 cm³/mol. The van der Waals surface area contributed by atoms with Gasteiger partial charge in [0.05, 0.1) is 10.7 Å². The normalized spacial score (nSPS) is 10.5. The maximum absolute atomic E-state index is 13.2. The van der Waals surface area contributed by atoms with Crippen molar-refractivity contribution in [2.75, 3.05) is 16.4 Å². The molecule has 0 bridgehead atoms. The molecule has 0 radical (unpaired) electrons. The number of benzene rings is 2. The van der Waals surface area contributed by atoms with E-state index in [1.807, 2.05) is 0 Å². The van der Waals surface area contributed by atoms with Crippen LogP contribution in [0.3, 0.4) is 0 Å². The van der Waals surface area contributed by atoms with Crippen LogP contribution in [0.2, 0.25) is 0 Å². The van der Waals surface area contributed by atoms with Gasteiger partial charge in [-0.3, -0.25) is 14.9 Å². The van der Waals surface area contributed by atoms with E-state index >= 15 is 0 Å². The molecule has 2 N–H and O–H groups in total. The minimum atomic E-state index is -0.492. The van der Waals surface area contributed by atoms with Crippen LogP contribution >= 0.6 is 23.1 Å². The first-order valence-corrected chi connectivity index (χ1v) is 9.75. The summed E-state index contributed by atoms with van der Waals surface area (Å²) in [6.07, 6.45) is 0. The van der Waals surface area contributed by atoms with Gasteiger partial charge < -0.3 is 10.6 Å². The van der Waals surface area contributed by atoms with Crippen LogP contribution in [0.5, 0.6) is 0 Å². The molecule has 1 amide bonds. The molecule has 0 aliphatic rings. The summed E-state index contributed by atoms with van der Waals surface area (Å²) in [5, 5.41) is 24.9. The van der Waals surface area contributed by atoms with Gasteiger partial charge in [-0.1, -0.05) is 35.2 Å². The maximum Gasteiger partial charge on any atom is 0.274 e. The Balaban J connectivity index is 1.54. The number of nitro benzene ring substituents is 1. The topological polar surface area (TPSA) is 110 Å². The average molecular weight is 419 g/mol. The number of nitro groups is 1. The van der Waals surface area contributed by atoms with Gasteiger partial charge >= 0.3 is 0 Å². The van der Waals surface area contributed by atoms with Crippen molar-refractivity contribution >= 4 is 51.2 Å². The maximum atomic E-state index is 13.2. The first-order chi connectivity index (χ1) is 13.4. The van der Waals surface area contributed by atoms with E-state index in [0.717, 1.165) is 0 Å². The molecule has 144 valence electrons. The molecular weight excluding hydrogens is 405 g/mol. The zero-order chi connectivity index (χ0) is 20.1. The van der Waals surface area contributed by atoms with Crippen LogP contribution in [-0.2, 0) is 4.79 Å². The molecule has 0 aliphatic carbocycles. The van der Waals surface area contributed by atoms with Crippen molar-refractivity contribution < 1.29 is 14.1 Å². The second kappa shape index (κ2) is 8.76. The SMILES string of the molecule is Cc1ccc(NC(=O)CSc2nnc(Nc3cccc(F)c3)s2)cc1[N+](=O)[O-]. The molecule has 11 heteroatoms. The number of rotatable bonds is 7. The van der Waals surface area contributed by atoms with Crippen molar-refractivity contribution in [2.24, 2.45) is 0 Å². The number of carbonyl (C=O) groups is 1. The Morgan fingerprint density at radius 1 is 1.25 bits per heavy atom. The Bertz CT molecular complexity index is 1030. The molecule has 1 heterocycles. The number of thioether (sulfide) groups is 1. The van der Waals surface area contributed by atoms with Crippen LogP contribution in [0.15, 0.2) is 46.8 Å². The van der Waals surface area contributed by atoms with Crippen molar-refractivity contribution in [3.8, 4) is 0 Å². The van der Waals surface area contributed by atoms with Crippen molar-refractivity contribution in [1.29, 1.82) is 0 Å². The number of nitrogens with zero attached hydrogens (tertiary/aromatic N) is 3. The number of hydrogen-bond acceptors (Lipinski definition) is 8. The number of anilines is 3. The number of aromatic nitrogens is 2. The molecule has 0 unspecified atom stereocenters. The summed E-state index contributed by atoms with van der Waals surface area (Å²) in [4.78, 5) is 22.6. The molecule has 0 saturated heterocycles. The summed E-state index contributed by atoms with van der Waals surface area (Å²) < 4.78 is 13.8. The summed E-state index contributed by atoms with van der Waals surface area (Å²) >= 11 is 2.41. The van der Waals surface area contributed by atoms with E-state index in [0.29, 0.717) is 26.4 Å². The number of nitrogens with one attached hydrogen (secondary N) is 2. The molecule has 3 rings (SSSR count). The minimum Gasteiger partial charge on any atom is -0.330 e. The van der Waals surface area contributed by atoms with E-state index in [4.69, 9.17) is 0 Å². The van der Waals surface area contributed by atoms with Gasteiger partial charge in [0.15, 0.2) is 4.34 Å². The average Bonchev–Trinajstić information content (AvgIpc) is 3.09. The van der Waals surface area contributed by atoms with Crippen LogP contribution in [0.1, 0.15) is 5.56 Å². The highest BCUT2D eigenvalue weighted by molar-refractivity contribution is 8.01. The van der Waals surface area contributed by atoms with Crippen molar-refractivity contribution in [3.05, 3.63) is 64.0 Å². The van der Waals surface area contributed by atoms with E-state index in [-0.39, 0.29) is 23.2 Å². The third-order valence-corrected chi connectivity index (χ3v) is 5.47. The lowest BCUT2D eigenvalue weighted by Gasteiger charge is -2.05. The molecule has 1 aromatic heterocycles. The molecule has 0 saturated carbocycles. The van der Waals surface area contributed by atoms with Crippen molar-refractivity contribution in [3.63, 3.8) is 0 Å². The van der Waals surface area contributed by atoms with Gasteiger partial charge in [0.1, 0.15) is 5.82 Å². The molecule has 2 aromatic carbocycles. The van der Waals surface area contributed by atoms with Crippen LogP contribution < -0.4 is 10.6 Å². The largest absolute Gasteiger partial charge is 0.330 e. The van der Waals surface area contributed by atoms with Gasteiger partial charge in [0.25, 0.3) is 5.69 Å². The van der Waals surface area contributed by atoms with Crippen molar-refractivity contribution in [1.82, 2.24) is 10.2 Å². The van der Waals surface area contributed by atoms with Crippen LogP contribution in [-0.4, -0.2) is 26.8 Å². The molecule has 8 nitrogen and oxygen atoms in total. The minimum absolute atomic E-state index is 0.0531. The van der Waals surface area contributed by atoms with Gasteiger partial charge in [-0.25, -0.2) is 4.39 Å². The van der Waals surface area contributed by atoms with E-state index < -0.39 is 4.92 Å². The highest BCUT2D eigenvalue weighted by atomic mass is 32.2. The van der Waals surface area contributed by atoms with Gasteiger partial charge in [0, 0.05) is 23.0 Å². The Morgan fingerprint density at radius 2 is 2.07 bits per heavy atom. The van der Waals surface area contributed by atoms with E-state index in [1.165, 1.54) is 41.3 Å². The zero-order valence-electron chi connectivity index (χ0n) is 14.5. The standard InChI is InChI=1S/C17H14FN5O3S2/c1-10-5-6-13(8-14(10)23(25)26)19-15(24)9-27-17-22-21-16(28-17)20-12-4-2-3-11(18)7-12/h2-8H,9H2,1H3,(H,19,24)(H,20,21). The van der Waals surface area contributed by atoms with E-state index in [1.54, 1.807) is 31.2 Å². The number of aryl methyl sites for hydroxylation is 1. The fourth-order valence-electron chi connectivity index (χ4n) is 2.22. The summed E-state index contributed by atoms with van der Waals surface area (Å²) in [7, 11) is 0. The second-order valence-electron chi connectivity index (χ2n) is 5.60. The van der Waals surface area contributed by atoms with Gasteiger partial charge in [-0.15, -0.1) is 10.2 Å². The first kappa shape index (κ1) is 19.7. The molecule has 0 spiro atoms. The molecule has 0 fully saturated rings. The van der Waals surface area contributed by atoms with Gasteiger partial charge in [-0.2, -0.15) is 0 Å². The molecule has 0 atom stereocenters. The fraction of sp³-hybridized carbons (Fsp3) is 0.118. The second-order valence-corrected chi connectivity index (χ2v) is 7.80. The lowest BCUT2D eigenvalue weighted by atomic mass is 10.2. The quantitative estimate of drug-likeness (QED) is 0.332. The fourth-order valence-corrected chi connectivity index (χ4v) is 3.79. The van der Waals surface area contributed by atoms with Crippen LogP contribution in [0, 0.1) is 22.9 Å². The third kappa shape index (κ3) is 5.24. The van der Waals surface area contributed by atoms with E-state index in [2.05, 4.69) is 20.8 Å². The Kier molecular flexibility index (Phi) is 6.16. The smallest absolute Gasteiger partial charge is 0.274 e. The van der Waals surface area contributed by atoms with Crippen LogP contribution in [0.4, 0.5) is 26.6 Å². The Labute approximate surface area is 167 Å². The number of amides is 1.